The Morgan fingerprint density at radius 1 is 1.42 bits per heavy atom. The maximum atomic E-state index is 5.75. The molecule has 2 heteroatoms. The van der Waals surface area contributed by atoms with Gasteiger partial charge in [0.1, 0.15) is 0 Å². The lowest BCUT2D eigenvalue weighted by atomic mass is 10.0. The molecule has 1 atom stereocenters. The molecule has 0 saturated carbocycles. The molecule has 2 N–H and O–H groups in total. The molecular weight excluding hydrogens is 148 g/mol. The summed E-state index contributed by atoms with van der Waals surface area (Å²) in [6.45, 7) is 9.87. The first kappa shape index (κ1) is 9.75. The van der Waals surface area contributed by atoms with Gasteiger partial charge in [-0.25, -0.2) is 0 Å². The summed E-state index contributed by atoms with van der Waals surface area (Å²) in [5.74, 6) is 0. The van der Waals surface area contributed by atoms with Crippen molar-refractivity contribution in [2.75, 3.05) is 19.6 Å². The van der Waals surface area contributed by atoms with Gasteiger partial charge in [-0.05, 0) is 27.2 Å². The van der Waals surface area contributed by atoms with Gasteiger partial charge in [-0.2, -0.15) is 0 Å². The molecule has 1 aliphatic rings. The third kappa shape index (κ3) is 2.61. The molecule has 12 heavy (non-hydrogen) atoms. The van der Waals surface area contributed by atoms with Crippen LogP contribution in [0.15, 0.2) is 11.1 Å². The van der Waals surface area contributed by atoms with Crippen molar-refractivity contribution in [1.82, 2.24) is 4.90 Å². The first-order valence-electron chi connectivity index (χ1n) is 4.72. The van der Waals surface area contributed by atoms with Crippen LogP contribution in [0.25, 0.3) is 0 Å². The molecule has 0 aromatic heterocycles. The van der Waals surface area contributed by atoms with Crippen LogP contribution in [0.1, 0.15) is 27.2 Å². The Hall–Kier alpha value is -0.340. The van der Waals surface area contributed by atoms with E-state index in [0.29, 0.717) is 6.04 Å². The molecule has 0 fully saturated rings. The summed E-state index contributed by atoms with van der Waals surface area (Å²) in [6.07, 6.45) is 1.22. The average Bonchev–Trinajstić information content (AvgIpc) is 1.96. The van der Waals surface area contributed by atoms with Crippen LogP contribution in [0.4, 0.5) is 0 Å². The van der Waals surface area contributed by atoms with Gasteiger partial charge >= 0.3 is 0 Å². The zero-order valence-electron chi connectivity index (χ0n) is 8.43. The lowest BCUT2D eigenvalue weighted by molar-refractivity contribution is 0.272. The van der Waals surface area contributed by atoms with Crippen LogP contribution >= 0.6 is 0 Å². The fourth-order valence-corrected chi connectivity index (χ4v) is 1.65. The SMILES string of the molecule is CC1=C(C)CN(C[C@H](C)N)CC1. The van der Waals surface area contributed by atoms with Crippen molar-refractivity contribution < 1.29 is 0 Å². The van der Waals surface area contributed by atoms with E-state index in [1.54, 1.807) is 5.57 Å². The Morgan fingerprint density at radius 2 is 2.08 bits per heavy atom. The Kier molecular flexibility index (Phi) is 3.29. The highest BCUT2D eigenvalue weighted by Gasteiger charge is 2.13. The summed E-state index contributed by atoms with van der Waals surface area (Å²) in [7, 11) is 0. The number of rotatable bonds is 2. The van der Waals surface area contributed by atoms with Gasteiger partial charge in [0.15, 0.2) is 0 Å². The normalized spacial score (nSPS) is 23.0. The number of hydrogen-bond donors (Lipinski definition) is 1. The fourth-order valence-electron chi connectivity index (χ4n) is 1.65. The van der Waals surface area contributed by atoms with Crippen molar-refractivity contribution in [2.45, 2.75) is 33.2 Å². The molecule has 70 valence electrons. The molecule has 0 aromatic carbocycles. The van der Waals surface area contributed by atoms with Gasteiger partial charge in [0.2, 0.25) is 0 Å². The van der Waals surface area contributed by atoms with Crippen molar-refractivity contribution in [2.24, 2.45) is 5.73 Å². The van der Waals surface area contributed by atoms with E-state index in [1.165, 1.54) is 18.5 Å². The molecule has 2 nitrogen and oxygen atoms in total. The van der Waals surface area contributed by atoms with Crippen LogP contribution in [0, 0.1) is 0 Å². The lowest BCUT2D eigenvalue weighted by Crippen LogP contribution is -2.39. The molecule has 0 unspecified atom stereocenters. The number of nitrogens with two attached hydrogens (primary N) is 1. The minimum atomic E-state index is 0.302. The topological polar surface area (TPSA) is 29.3 Å². The summed E-state index contributed by atoms with van der Waals surface area (Å²) >= 11 is 0. The lowest BCUT2D eigenvalue weighted by Gasteiger charge is -2.29. The maximum Gasteiger partial charge on any atom is 0.0193 e. The summed E-state index contributed by atoms with van der Waals surface area (Å²) in [5, 5.41) is 0. The second-order valence-corrected chi connectivity index (χ2v) is 4.02. The number of nitrogens with zero attached hydrogens (tertiary/aromatic N) is 1. The largest absolute Gasteiger partial charge is 0.327 e. The molecule has 0 bridgehead atoms. The Labute approximate surface area is 75.4 Å². The van der Waals surface area contributed by atoms with Crippen LogP contribution in [0.5, 0.6) is 0 Å². The monoisotopic (exact) mass is 168 g/mol. The van der Waals surface area contributed by atoms with E-state index in [0.717, 1.165) is 13.1 Å². The molecule has 0 radical (unpaired) electrons. The van der Waals surface area contributed by atoms with Crippen molar-refractivity contribution in [3.05, 3.63) is 11.1 Å². The third-order valence-electron chi connectivity index (χ3n) is 2.54. The van der Waals surface area contributed by atoms with Crippen molar-refractivity contribution >= 4 is 0 Å². The molecule has 1 heterocycles. The minimum absolute atomic E-state index is 0.302. The van der Waals surface area contributed by atoms with E-state index in [1.807, 2.05) is 0 Å². The van der Waals surface area contributed by atoms with Crippen molar-refractivity contribution in [3.8, 4) is 0 Å². The van der Waals surface area contributed by atoms with Gasteiger partial charge in [-0.3, -0.25) is 4.90 Å². The van der Waals surface area contributed by atoms with Gasteiger partial charge in [-0.15, -0.1) is 0 Å². The predicted molar refractivity (Wildman–Crippen MR) is 53.1 cm³/mol. The molecule has 0 amide bonds. The van der Waals surface area contributed by atoms with Gasteiger partial charge in [0.05, 0.1) is 0 Å². The smallest absolute Gasteiger partial charge is 0.0193 e. The van der Waals surface area contributed by atoms with E-state index in [-0.39, 0.29) is 0 Å². The van der Waals surface area contributed by atoms with Crippen LogP contribution in [-0.4, -0.2) is 30.6 Å². The van der Waals surface area contributed by atoms with Crippen LogP contribution in [0.2, 0.25) is 0 Å². The van der Waals surface area contributed by atoms with E-state index in [4.69, 9.17) is 5.73 Å². The number of hydrogen-bond acceptors (Lipinski definition) is 2. The molecule has 0 saturated heterocycles. The highest BCUT2D eigenvalue weighted by molar-refractivity contribution is 5.14. The molecule has 0 spiro atoms. The Balaban J connectivity index is 2.44. The van der Waals surface area contributed by atoms with E-state index < -0.39 is 0 Å². The van der Waals surface area contributed by atoms with Crippen molar-refractivity contribution in [1.29, 1.82) is 0 Å². The summed E-state index contributed by atoms with van der Waals surface area (Å²) < 4.78 is 0. The summed E-state index contributed by atoms with van der Waals surface area (Å²) in [6, 6.07) is 0.302. The standard InChI is InChI=1S/C10H20N2/c1-8-4-5-12(6-9(8)2)7-10(3)11/h10H,4-7,11H2,1-3H3/t10-/m0/s1. The van der Waals surface area contributed by atoms with Crippen LogP contribution in [0.3, 0.4) is 0 Å². The van der Waals surface area contributed by atoms with E-state index in [9.17, 15) is 0 Å². The third-order valence-corrected chi connectivity index (χ3v) is 2.54. The fraction of sp³-hybridized carbons (Fsp3) is 0.800. The first-order valence-corrected chi connectivity index (χ1v) is 4.72. The average molecular weight is 168 g/mol. The molecule has 0 aromatic rings. The maximum absolute atomic E-state index is 5.75. The second kappa shape index (κ2) is 4.06. The first-order chi connectivity index (χ1) is 5.59. The summed E-state index contributed by atoms with van der Waals surface area (Å²) in [5.41, 5.74) is 8.84. The predicted octanol–water partition coefficient (Wildman–Crippen LogP) is 1.38. The van der Waals surface area contributed by atoms with Gasteiger partial charge in [-0.1, -0.05) is 11.1 Å². The molecular formula is C10H20N2. The van der Waals surface area contributed by atoms with E-state index >= 15 is 0 Å². The van der Waals surface area contributed by atoms with Crippen LogP contribution in [-0.2, 0) is 0 Å². The highest BCUT2D eigenvalue weighted by atomic mass is 15.1. The molecule has 0 aliphatic carbocycles. The summed E-state index contributed by atoms with van der Waals surface area (Å²) in [4.78, 5) is 2.44. The molecule has 1 aliphatic heterocycles. The Bertz CT molecular complexity index is 182. The highest BCUT2D eigenvalue weighted by Crippen LogP contribution is 2.16. The zero-order chi connectivity index (χ0) is 9.14. The van der Waals surface area contributed by atoms with Crippen molar-refractivity contribution in [3.63, 3.8) is 0 Å². The van der Waals surface area contributed by atoms with Gasteiger partial charge in [0.25, 0.3) is 0 Å². The van der Waals surface area contributed by atoms with Crippen LogP contribution < -0.4 is 5.73 Å². The Morgan fingerprint density at radius 3 is 2.58 bits per heavy atom. The zero-order valence-corrected chi connectivity index (χ0v) is 8.43. The van der Waals surface area contributed by atoms with Gasteiger partial charge in [0, 0.05) is 25.7 Å². The second-order valence-electron chi connectivity index (χ2n) is 4.02. The van der Waals surface area contributed by atoms with Gasteiger partial charge < -0.3 is 5.73 Å². The minimum Gasteiger partial charge on any atom is -0.327 e. The quantitative estimate of drug-likeness (QED) is 0.631. The van der Waals surface area contributed by atoms with E-state index in [2.05, 4.69) is 25.7 Å². The molecule has 1 rings (SSSR count).